The summed E-state index contributed by atoms with van der Waals surface area (Å²) in [6, 6.07) is 14.8. The molecule has 4 rings (SSSR count). The Hall–Kier alpha value is -2.31. The van der Waals surface area contributed by atoms with Crippen molar-refractivity contribution in [2.45, 2.75) is 25.5 Å². The lowest BCUT2D eigenvalue weighted by Gasteiger charge is -2.25. The highest BCUT2D eigenvalue weighted by molar-refractivity contribution is 9.10. The average molecular weight is 429 g/mol. The van der Waals surface area contributed by atoms with Gasteiger partial charge in [0.05, 0.1) is 6.10 Å². The van der Waals surface area contributed by atoms with E-state index in [0.29, 0.717) is 18.8 Å². The number of H-pyrrole nitrogens is 1. The standard InChI is InChI=1S/C21H21BrN2O3/c22-17-7-3-8-18-16(17)11-19(23-18)21(26)24(13-15-6-4-10-27-15)12-14-5-1-2-9-20(14)25/h1-3,5,7-9,11,15,23,25H,4,6,10,12-13H2. The molecule has 5 nitrogen and oxygen atoms in total. The molecule has 0 radical (unpaired) electrons. The third-order valence-corrected chi connectivity index (χ3v) is 5.62. The van der Waals surface area contributed by atoms with E-state index in [4.69, 9.17) is 4.74 Å². The minimum absolute atomic E-state index is 0.0379. The molecule has 1 saturated heterocycles. The molecule has 2 heterocycles. The summed E-state index contributed by atoms with van der Waals surface area (Å²) in [4.78, 5) is 18.2. The minimum Gasteiger partial charge on any atom is -0.508 e. The van der Waals surface area contributed by atoms with Crippen LogP contribution in [0.1, 0.15) is 28.9 Å². The van der Waals surface area contributed by atoms with Crippen LogP contribution in [0.25, 0.3) is 10.9 Å². The summed E-state index contributed by atoms with van der Waals surface area (Å²) in [6.45, 7) is 1.58. The number of rotatable bonds is 5. The fourth-order valence-electron chi connectivity index (χ4n) is 3.51. The molecule has 2 N–H and O–H groups in total. The first-order chi connectivity index (χ1) is 13.1. The maximum Gasteiger partial charge on any atom is 0.270 e. The highest BCUT2D eigenvalue weighted by Crippen LogP contribution is 2.26. The van der Waals surface area contributed by atoms with E-state index in [0.717, 1.165) is 40.4 Å². The number of hydrogen-bond donors (Lipinski definition) is 2. The second kappa shape index (κ2) is 7.74. The van der Waals surface area contributed by atoms with Crippen LogP contribution in [0, 0.1) is 0 Å². The molecular weight excluding hydrogens is 408 g/mol. The Morgan fingerprint density at radius 1 is 1.26 bits per heavy atom. The number of hydrogen-bond acceptors (Lipinski definition) is 3. The maximum absolute atomic E-state index is 13.3. The molecule has 1 fully saturated rings. The number of nitrogens with zero attached hydrogens (tertiary/aromatic N) is 1. The van der Waals surface area contributed by atoms with Gasteiger partial charge in [0.15, 0.2) is 0 Å². The number of aromatic nitrogens is 1. The second-order valence-corrected chi connectivity index (χ2v) is 7.69. The van der Waals surface area contributed by atoms with Crippen molar-refractivity contribution in [2.75, 3.05) is 13.2 Å². The van der Waals surface area contributed by atoms with Crippen LogP contribution in [0.3, 0.4) is 0 Å². The predicted octanol–water partition coefficient (Wildman–Crippen LogP) is 4.46. The van der Waals surface area contributed by atoms with Gasteiger partial charge in [-0.05, 0) is 37.1 Å². The Kier molecular flexibility index (Phi) is 5.18. The molecule has 1 aromatic heterocycles. The van der Waals surface area contributed by atoms with Crippen molar-refractivity contribution in [3.05, 3.63) is 64.3 Å². The third-order valence-electron chi connectivity index (χ3n) is 4.93. The smallest absolute Gasteiger partial charge is 0.270 e. The molecule has 6 heteroatoms. The number of carbonyl (C=O) groups is 1. The lowest BCUT2D eigenvalue weighted by molar-refractivity contribution is 0.0502. The van der Waals surface area contributed by atoms with Gasteiger partial charge in [-0.1, -0.05) is 40.2 Å². The van der Waals surface area contributed by atoms with Gasteiger partial charge in [-0.25, -0.2) is 0 Å². The van der Waals surface area contributed by atoms with Crippen molar-refractivity contribution in [1.82, 2.24) is 9.88 Å². The van der Waals surface area contributed by atoms with Crippen LogP contribution in [-0.4, -0.2) is 40.2 Å². The minimum atomic E-state index is -0.100. The van der Waals surface area contributed by atoms with Crippen LogP contribution in [0.15, 0.2) is 53.0 Å². The number of carbonyl (C=O) groups excluding carboxylic acids is 1. The highest BCUT2D eigenvalue weighted by Gasteiger charge is 2.25. The third kappa shape index (κ3) is 3.87. The zero-order valence-corrected chi connectivity index (χ0v) is 16.4. The summed E-state index contributed by atoms with van der Waals surface area (Å²) in [7, 11) is 0. The van der Waals surface area contributed by atoms with E-state index in [1.54, 1.807) is 17.0 Å². The zero-order chi connectivity index (χ0) is 18.8. The first-order valence-corrected chi connectivity index (χ1v) is 9.86. The Balaban J connectivity index is 1.64. The van der Waals surface area contributed by atoms with Crippen molar-refractivity contribution in [3.63, 3.8) is 0 Å². The number of para-hydroxylation sites is 1. The van der Waals surface area contributed by atoms with Crippen molar-refractivity contribution >= 4 is 32.7 Å². The Bertz CT molecular complexity index is 963. The number of ether oxygens (including phenoxy) is 1. The summed E-state index contributed by atoms with van der Waals surface area (Å²) in [5, 5.41) is 11.1. The molecule has 1 amide bonds. The number of halogens is 1. The summed E-state index contributed by atoms with van der Waals surface area (Å²) >= 11 is 3.53. The molecular formula is C21H21BrN2O3. The zero-order valence-electron chi connectivity index (χ0n) is 14.8. The first kappa shape index (κ1) is 18.1. The number of phenolic OH excluding ortho intramolecular Hbond substituents is 1. The van der Waals surface area contributed by atoms with Crippen LogP contribution >= 0.6 is 15.9 Å². The van der Waals surface area contributed by atoms with Crippen LogP contribution in [0.5, 0.6) is 5.75 Å². The van der Waals surface area contributed by atoms with E-state index in [9.17, 15) is 9.90 Å². The molecule has 0 bridgehead atoms. The SMILES string of the molecule is O=C(c1cc2c(Br)cccc2[nH]1)N(Cc1ccccc1O)CC1CCCO1. The van der Waals surface area contributed by atoms with E-state index in [2.05, 4.69) is 20.9 Å². The van der Waals surface area contributed by atoms with Crippen molar-refractivity contribution in [2.24, 2.45) is 0 Å². The Labute approximate surface area is 166 Å². The van der Waals surface area contributed by atoms with Crippen LogP contribution < -0.4 is 0 Å². The molecule has 1 unspecified atom stereocenters. The van der Waals surface area contributed by atoms with E-state index in [1.165, 1.54) is 0 Å². The van der Waals surface area contributed by atoms with Crippen LogP contribution in [0.4, 0.5) is 0 Å². The van der Waals surface area contributed by atoms with Crippen LogP contribution in [0.2, 0.25) is 0 Å². The molecule has 0 saturated carbocycles. The summed E-state index contributed by atoms with van der Waals surface area (Å²) in [6.07, 6.45) is 2.00. The predicted molar refractivity (Wildman–Crippen MR) is 108 cm³/mol. The Morgan fingerprint density at radius 2 is 2.11 bits per heavy atom. The van der Waals surface area contributed by atoms with Gasteiger partial charge in [0, 0.05) is 40.6 Å². The number of amides is 1. The average Bonchev–Trinajstić information content (AvgIpc) is 3.32. The van der Waals surface area contributed by atoms with Crippen molar-refractivity contribution in [1.29, 1.82) is 0 Å². The van der Waals surface area contributed by atoms with Gasteiger partial charge in [-0.3, -0.25) is 4.79 Å². The van der Waals surface area contributed by atoms with Gasteiger partial charge in [0.2, 0.25) is 0 Å². The van der Waals surface area contributed by atoms with E-state index in [-0.39, 0.29) is 17.8 Å². The highest BCUT2D eigenvalue weighted by atomic mass is 79.9. The van der Waals surface area contributed by atoms with Gasteiger partial charge in [-0.2, -0.15) is 0 Å². The molecule has 1 aliphatic rings. The quantitative estimate of drug-likeness (QED) is 0.630. The number of benzene rings is 2. The van der Waals surface area contributed by atoms with Gasteiger partial charge in [0.1, 0.15) is 11.4 Å². The number of aromatic hydroxyl groups is 1. The van der Waals surface area contributed by atoms with Crippen LogP contribution in [-0.2, 0) is 11.3 Å². The first-order valence-electron chi connectivity index (χ1n) is 9.07. The molecule has 2 aromatic carbocycles. The van der Waals surface area contributed by atoms with E-state index >= 15 is 0 Å². The molecule has 1 atom stereocenters. The molecule has 1 aliphatic heterocycles. The number of fused-ring (bicyclic) bond motifs is 1. The van der Waals surface area contributed by atoms with E-state index < -0.39 is 0 Å². The molecule has 0 spiro atoms. The number of nitrogens with one attached hydrogen (secondary N) is 1. The van der Waals surface area contributed by atoms with Gasteiger partial charge < -0.3 is 19.7 Å². The monoisotopic (exact) mass is 428 g/mol. The maximum atomic E-state index is 13.3. The van der Waals surface area contributed by atoms with Gasteiger partial charge >= 0.3 is 0 Å². The fraction of sp³-hybridized carbons (Fsp3) is 0.286. The summed E-state index contributed by atoms with van der Waals surface area (Å²) in [5.41, 5.74) is 2.17. The molecule has 3 aromatic rings. The second-order valence-electron chi connectivity index (χ2n) is 6.83. The summed E-state index contributed by atoms with van der Waals surface area (Å²) < 4.78 is 6.69. The summed E-state index contributed by atoms with van der Waals surface area (Å²) in [5.74, 6) is 0.0962. The van der Waals surface area contributed by atoms with Gasteiger partial charge in [0.25, 0.3) is 5.91 Å². The number of aromatic amines is 1. The van der Waals surface area contributed by atoms with E-state index in [1.807, 2.05) is 36.4 Å². The molecule has 140 valence electrons. The van der Waals surface area contributed by atoms with Gasteiger partial charge in [-0.15, -0.1) is 0 Å². The normalized spacial score (nSPS) is 16.7. The van der Waals surface area contributed by atoms with Crippen molar-refractivity contribution in [3.8, 4) is 5.75 Å². The molecule has 27 heavy (non-hydrogen) atoms. The Morgan fingerprint density at radius 3 is 2.85 bits per heavy atom. The lowest BCUT2D eigenvalue weighted by Crippen LogP contribution is -2.37. The van der Waals surface area contributed by atoms with Crippen molar-refractivity contribution < 1.29 is 14.6 Å². The largest absolute Gasteiger partial charge is 0.508 e. The lowest BCUT2D eigenvalue weighted by atomic mass is 10.1. The topological polar surface area (TPSA) is 65.6 Å². The fourth-order valence-corrected chi connectivity index (χ4v) is 3.99. The number of phenols is 1. The molecule has 0 aliphatic carbocycles.